The third kappa shape index (κ3) is 5.23. The van der Waals surface area contributed by atoms with E-state index in [-0.39, 0.29) is 16.8 Å². The predicted molar refractivity (Wildman–Crippen MR) is 141 cm³/mol. The van der Waals surface area contributed by atoms with Crippen molar-refractivity contribution in [2.24, 2.45) is 5.41 Å². The van der Waals surface area contributed by atoms with Crippen LogP contribution in [0.5, 0.6) is 17.2 Å². The standard InChI is InChI=1S/C29H32N2O6/c1-29(2)16-22-19(23(32)17-29)15-20(28(34)31(22)21-8-6-7-9-24(21)35-3)27(33)30-13-12-18-10-11-25(36-4)26(14-18)37-5/h6-11,14-15H,12-13,16-17H2,1-5H3,(H,30,33). The Kier molecular flexibility index (Phi) is 7.38. The lowest BCUT2D eigenvalue weighted by Crippen LogP contribution is -2.39. The van der Waals surface area contributed by atoms with Crippen LogP contribution in [-0.4, -0.2) is 44.1 Å². The average Bonchev–Trinajstić information content (AvgIpc) is 2.87. The molecular weight excluding hydrogens is 472 g/mol. The molecule has 0 fully saturated rings. The summed E-state index contributed by atoms with van der Waals surface area (Å²) in [5.74, 6) is 1.08. The molecule has 37 heavy (non-hydrogen) atoms. The maximum Gasteiger partial charge on any atom is 0.268 e. The van der Waals surface area contributed by atoms with Crippen LogP contribution >= 0.6 is 0 Å². The summed E-state index contributed by atoms with van der Waals surface area (Å²) < 4.78 is 17.6. The Morgan fingerprint density at radius 3 is 2.32 bits per heavy atom. The van der Waals surface area contributed by atoms with Crippen molar-refractivity contribution in [2.75, 3.05) is 27.9 Å². The van der Waals surface area contributed by atoms with Crippen molar-refractivity contribution >= 4 is 11.7 Å². The van der Waals surface area contributed by atoms with Gasteiger partial charge in [0.25, 0.3) is 11.5 Å². The molecule has 0 aliphatic heterocycles. The first kappa shape index (κ1) is 26.0. The normalized spacial score (nSPS) is 14.0. The Bertz CT molecular complexity index is 1410. The summed E-state index contributed by atoms with van der Waals surface area (Å²) in [5.41, 5.74) is 1.54. The minimum atomic E-state index is -0.533. The van der Waals surface area contributed by atoms with Gasteiger partial charge >= 0.3 is 0 Å². The number of hydrogen-bond donors (Lipinski definition) is 1. The molecular formula is C29H32N2O6. The highest BCUT2D eigenvalue weighted by Crippen LogP contribution is 2.36. The minimum absolute atomic E-state index is 0.0787. The number of aromatic nitrogens is 1. The molecule has 0 bridgehead atoms. The topological polar surface area (TPSA) is 95.9 Å². The highest BCUT2D eigenvalue weighted by atomic mass is 16.5. The second kappa shape index (κ2) is 10.5. The fourth-order valence-electron chi connectivity index (χ4n) is 4.80. The second-order valence-electron chi connectivity index (χ2n) is 9.87. The predicted octanol–water partition coefficient (Wildman–Crippen LogP) is 3.99. The van der Waals surface area contributed by atoms with Crippen LogP contribution in [0.4, 0.5) is 0 Å². The van der Waals surface area contributed by atoms with Gasteiger partial charge in [0, 0.05) is 24.2 Å². The fraction of sp³-hybridized carbons (Fsp3) is 0.345. The van der Waals surface area contributed by atoms with E-state index >= 15 is 0 Å². The number of ether oxygens (including phenoxy) is 3. The molecule has 8 heteroatoms. The number of ketones is 1. The number of methoxy groups -OCH3 is 3. The number of rotatable bonds is 8. The smallest absolute Gasteiger partial charge is 0.268 e. The molecule has 2 aromatic carbocycles. The average molecular weight is 505 g/mol. The third-order valence-corrected chi connectivity index (χ3v) is 6.61. The number of pyridine rings is 1. The van der Waals surface area contributed by atoms with Gasteiger partial charge < -0.3 is 19.5 Å². The number of Topliss-reactive ketones (excluding diaryl/α,β-unsaturated/α-hetero) is 1. The van der Waals surface area contributed by atoms with Crippen LogP contribution in [0.3, 0.4) is 0 Å². The number of nitrogens with one attached hydrogen (secondary N) is 1. The molecule has 1 aliphatic rings. The summed E-state index contributed by atoms with van der Waals surface area (Å²) in [6, 6.07) is 14.1. The second-order valence-corrected chi connectivity index (χ2v) is 9.87. The number of carbonyl (C=O) groups is 2. The lowest BCUT2D eigenvalue weighted by Gasteiger charge is -2.32. The summed E-state index contributed by atoms with van der Waals surface area (Å²) in [7, 11) is 4.66. The van der Waals surface area contributed by atoms with Gasteiger partial charge in [0.15, 0.2) is 17.3 Å². The van der Waals surface area contributed by atoms with Crippen molar-refractivity contribution in [1.82, 2.24) is 9.88 Å². The van der Waals surface area contributed by atoms with Crippen molar-refractivity contribution in [3.8, 4) is 22.9 Å². The summed E-state index contributed by atoms with van der Waals surface area (Å²) in [5, 5.41) is 2.83. The van der Waals surface area contributed by atoms with E-state index in [2.05, 4.69) is 5.32 Å². The van der Waals surface area contributed by atoms with Crippen molar-refractivity contribution in [2.45, 2.75) is 33.1 Å². The maximum absolute atomic E-state index is 13.8. The zero-order chi connectivity index (χ0) is 26.7. The first-order chi connectivity index (χ1) is 17.7. The van der Waals surface area contributed by atoms with Crippen molar-refractivity contribution < 1.29 is 23.8 Å². The van der Waals surface area contributed by atoms with Crippen molar-refractivity contribution in [1.29, 1.82) is 0 Å². The highest BCUT2D eigenvalue weighted by molar-refractivity contribution is 6.02. The molecule has 1 aromatic heterocycles. The molecule has 194 valence electrons. The summed E-state index contributed by atoms with van der Waals surface area (Å²) >= 11 is 0. The van der Waals surface area contributed by atoms with Crippen LogP contribution in [0.1, 0.15) is 52.2 Å². The van der Waals surface area contributed by atoms with Gasteiger partial charge in [0.2, 0.25) is 0 Å². The van der Waals surface area contributed by atoms with E-state index < -0.39 is 11.5 Å². The molecule has 3 aromatic rings. The molecule has 1 heterocycles. The zero-order valence-electron chi connectivity index (χ0n) is 21.8. The Hall–Kier alpha value is -4.07. The first-order valence-electron chi connectivity index (χ1n) is 12.1. The van der Waals surface area contributed by atoms with Gasteiger partial charge in [-0.1, -0.05) is 32.0 Å². The van der Waals surface area contributed by atoms with Crippen LogP contribution in [0.15, 0.2) is 53.3 Å². The van der Waals surface area contributed by atoms with Gasteiger partial charge in [0.05, 0.1) is 27.0 Å². The van der Waals surface area contributed by atoms with E-state index in [1.807, 2.05) is 26.0 Å². The maximum atomic E-state index is 13.8. The third-order valence-electron chi connectivity index (χ3n) is 6.61. The largest absolute Gasteiger partial charge is 0.495 e. The van der Waals surface area contributed by atoms with E-state index in [9.17, 15) is 14.4 Å². The lowest BCUT2D eigenvalue weighted by atomic mass is 9.75. The molecule has 1 aliphatic carbocycles. The Labute approximate surface area is 216 Å². The number of fused-ring (bicyclic) bond motifs is 1. The summed E-state index contributed by atoms with van der Waals surface area (Å²) in [4.78, 5) is 40.1. The molecule has 0 radical (unpaired) electrons. The van der Waals surface area contributed by atoms with E-state index in [0.29, 0.717) is 60.0 Å². The Morgan fingerprint density at radius 2 is 1.62 bits per heavy atom. The number of benzene rings is 2. The summed E-state index contributed by atoms with van der Waals surface area (Å²) in [6.07, 6.45) is 1.37. The molecule has 1 N–H and O–H groups in total. The van der Waals surface area contributed by atoms with Gasteiger partial charge in [-0.2, -0.15) is 0 Å². The number of hydrogen-bond acceptors (Lipinski definition) is 6. The van der Waals surface area contributed by atoms with Gasteiger partial charge in [-0.3, -0.25) is 19.0 Å². The highest BCUT2D eigenvalue weighted by Gasteiger charge is 2.35. The Balaban J connectivity index is 1.69. The van der Waals surface area contributed by atoms with Crippen LogP contribution < -0.4 is 25.1 Å². The van der Waals surface area contributed by atoms with Gasteiger partial charge in [-0.05, 0) is 54.2 Å². The SMILES string of the molecule is COc1ccc(CCNC(=O)c2cc3c(n(-c4ccccc4OC)c2=O)CC(C)(C)CC3=O)cc1OC. The van der Waals surface area contributed by atoms with Crippen LogP contribution in [0.2, 0.25) is 0 Å². The lowest BCUT2D eigenvalue weighted by molar-refractivity contribution is 0.0908. The molecule has 8 nitrogen and oxygen atoms in total. The Morgan fingerprint density at radius 1 is 0.919 bits per heavy atom. The molecule has 0 saturated carbocycles. The quantitative estimate of drug-likeness (QED) is 0.498. The molecule has 0 atom stereocenters. The molecule has 0 saturated heterocycles. The number of nitrogens with zero attached hydrogens (tertiary/aromatic N) is 1. The van der Waals surface area contributed by atoms with Crippen LogP contribution in [-0.2, 0) is 12.8 Å². The van der Waals surface area contributed by atoms with Crippen LogP contribution in [0.25, 0.3) is 5.69 Å². The van der Waals surface area contributed by atoms with Gasteiger partial charge in [0.1, 0.15) is 11.3 Å². The van der Waals surface area contributed by atoms with Crippen molar-refractivity contribution in [3.05, 3.63) is 81.3 Å². The summed E-state index contributed by atoms with van der Waals surface area (Å²) in [6.45, 7) is 4.29. The van der Waals surface area contributed by atoms with Gasteiger partial charge in [-0.15, -0.1) is 0 Å². The number of amides is 1. The minimum Gasteiger partial charge on any atom is -0.495 e. The first-order valence-corrected chi connectivity index (χ1v) is 12.1. The number of para-hydroxylation sites is 2. The van der Waals surface area contributed by atoms with E-state index in [1.165, 1.54) is 17.7 Å². The molecule has 1 amide bonds. The molecule has 0 unspecified atom stereocenters. The van der Waals surface area contributed by atoms with Gasteiger partial charge in [-0.25, -0.2) is 0 Å². The fourth-order valence-corrected chi connectivity index (χ4v) is 4.80. The molecule has 0 spiro atoms. The van der Waals surface area contributed by atoms with E-state index in [4.69, 9.17) is 14.2 Å². The molecule has 4 rings (SSSR count). The number of carbonyl (C=O) groups excluding carboxylic acids is 2. The zero-order valence-corrected chi connectivity index (χ0v) is 21.8. The van der Waals surface area contributed by atoms with E-state index in [0.717, 1.165) is 5.56 Å². The van der Waals surface area contributed by atoms with Crippen molar-refractivity contribution in [3.63, 3.8) is 0 Å². The van der Waals surface area contributed by atoms with E-state index in [1.54, 1.807) is 44.6 Å². The van der Waals surface area contributed by atoms with Crippen LogP contribution in [0, 0.1) is 5.41 Å². The monoisotopic (exact) mass is 504 g/mol.